The lowest BCUT2D eigenvalue weighted by Gasteiger charge is -2.02. The summed E-state index contributed by atoms with van der Waals surface area (Å²) in [5, 5.41) is 19.8. The molecule has 2 rings (SSSR count). The molecule has 0 aliphatic carbocycles. The number of hydrogen-bond donors (Lipinski definition) is 2. The third-order valence-corrected chi connectivity index (χ3v) is 4.15. The number of aromatic nitrogens is 2. The number of carbonyl (C=O) groups is 1. The Morgan fingerprint density at radius 1 is 1.52 bits per heavy atom. The first-order chi connectivity index (χ1) is 10.2. The lowest BCUT2D eigenvalue weighted by Crippen LogP contribution is -2.10. The van der Waals surface area contributed by atoms with E-state index in [1.165, 1.54) is 11.8 Å². The van der Waals surface area contributed by atoms with Gasteiger partial charge in [0.2, 0.25) is 5.91 Å². The number of nitrogens with zero attached hydrogens (tertiary/aromatic N) is 2. The highest BCUT2D eigenvalue weighted by atomic mass is 35.5. The van der Waals surface area contributed by atoms with Crippen LogP contribution >= 0.6 is 23.4 Å². The molecule has 1 aromatic heterocycles. The van der Waals surface area contributed by atoms with Crippen LogP contribution in [0, 0.1) is 11.3 Å². The van der Waals surface area contributed by atoms with Crippen LogP contribution in [-0.4, -0.2) is 16.1 Å². The molecule has 108 valence electrons. The van der Waals surface area contributed by atoms with Gasteiger partial charge in [-0.15, -0.1) is 0 Å². The number of hydrogen-bond acceptors (Lipinski definition) is 4. The van der Waals surface area contributed by atoms with Crippen molar-refractivity contribution in [1.82, 2.24) is 10.2 Å². The monoisotopic (exact) mass is 320 g/mol. The minimum atomic E-state index is -0.169. The zero-order valence-corrected chi connectivity index (χ0v) is 12.9. The van der Waals surface area contributed by atoms with Crippen LogP contribution in [0.3, 0.4) is 0 Å². The first-order valence-electron chi connectivity index (χ1n) is 6.30. The van der Waals surface area contributed by atoms with Crippen LogP contribution in [0.15, 0.2) is 29.3 Å². The molecule has 1 heterocycles. The van der Waals surface area contributed by atoms with Crippen molar-refractivity contribution in [1.29, 1.82) is 5.26 Å². The summed E-state index contributed by atoms with van der Waals surface area (Å²) >= 11 is 7.49. The molecule has 7 heteroatoms. The van der Waals surface area contributed by atoms with Gasteiger partial charge in [0.05, 0.1) is 0 Å². The van der Waals surface area contributed by atoms with Crippen molar-refractivity contribution in [3.05, 3.63) is 40.4 Å². The highest BCUT2D eigenvalue weighted by Crippen LogP contribution is 2.30. The van der Waals surface area contributed by atoms with Gasteiger partial charge >= 0.3 is 0 Å². The summed E-state index contributed by atoms with van der Waals surface area (Å²) in [6.07, 6.45) is 0.339. The first-order valence-corrected chi connectivity index (χ1v) is 7.66. The molecule has 21 heavy (non-hydrogen) atoms. The normalized spacial score (nSPS) is 10.1. The van der Waals surface area contributed by atoms with Crippen molar-refractivity contribution in [2.75, 3.05) is 5.32 Å². The predicted molar refractivity (Wildman–Crippen MR) is 83.2 cm³/mol. The largest absolute Gasteiger partial charge is 0.310 e. The van der Waals surface area contributed by atoms with Gasteiger partial charge < -0.3 is 5.32 Å². The van der Waals surface area contributed by atoms with Crippen molar-refractivity contribution in [2.24, 2.45) is 0 Å². The maximum absolute atomic E-state index is 11.4. The van der Waals surface area contributed by atoms with Gasteiger partial charge in [0.1, 0.15) is 22.5 Å². The molecule has 1 amide bonds. The number of halogens is 1. The van der Waals surface area contributed by atoms with E-state index >= 15 is 0 Å². The Kier molecular flexibility index (Phi) is 5.26. The molecule has 0 aliphatic heterocycles. The van der Waals surface area contributed by atoms with E-state index in [1.54, 1.807) is 6.92 Å². The number of nitriles is 1. The van der Waals surface area contributed by atoms with Gasteiger partial charge in [-0.3, -0.25) is 9.89 Å². The van der Waals surface area contributed by atoms with Gasteiger partial charge in [-0.2, -0.15) is 10.4 Å². The van der Waals surface area contributed by atoms with Crippen molar-refractivity contribution in [2.45, 2.75) is 24.1 Å². The summed E-state index contributed by atoms with van der Waals surface area (Å²) in [4.78, 5) is 11.4. The first kappa shape index (κ1) is 15.4. The summed E-state index contributed by atoms with van der Waals surface area (Å²) in [6.45, 7) is 1.74. The molecule has 0 spiro atoms. The maximum Gasteiger partial charge on any atom is 0.225 e. The summed E-state index contributed by atoms with van der Waals surface area (Å²) in [7, 11) is 0. The van der Waals surface area contributed by atoms with E-state index in [4.69, 9.17) is 11.6 Å². The second-order valence-electron chi connectivity index (χ2n) is 4.17. The zero-order valence-electron chi connectivity index (χ0n) is 11.3. The van der Waals surface area contributed by atoms with Crippen LogP contribution in [0.4, 0.5) is 5.82 Å². The van der Waals surface area contributed by atoms with Crippen LogP contribution in [-0.2, 0) is 10.5 Å². The quantitative estimate of drug-likeness (QED) is 0.825. The fraction of sp³-hybridized carbons (Fsp3) is 0.214. The second kappa shape index (κ2) is 7.16. The molecular weight excluding hydrogens is 308 g/mol. The Bertz CT molecular complexity index is 693. The van der Waals surface area contributed by atoms with Gasteiger partial charge in [-0.1, -0.05) is 48.5 Å². The summed E-state index contributed by atoms with van der Waals surface area (Å²) < 4.78 is 0. The lowest BCUT2D eigenvalue weighted by atomic mass is 10.2. The second-order valence-corrected chi connectivity index (χ2v) is 5.54. The summed E-state index contributed by atoms with van der Waals surface area (Å²) in [5.74, 6) is 0.768. The van der Waals surface area contributed by atoms with Crippen LogP contribution < -0.4 is 5.32 Å². The van der Waals surface area contributed by atoms with Crippen LogP contribution in [0.2, 0.25) is 5.02 Å². The molecule has 0 bridgehead atoms. The zero-order chi connectivity index (χ0) is 15.2. The van der Waals surface area contributed by atoms with Crippen molar-refractivity contribution < 1.29 is 4.79 Å². The Morgan fingerprint density at radius 3 is 2.95 bits per heavy atom. The predicted octanol–water partition coefficient (Wildman–Crippen LogP) is 3.58. The Hall–Kier alpha value is -1.97. The van der Waals surface area contributed by atoms with Crippen LogP contribution in [0.1, 0.15) is 24.5 Å². The van der Waals surface area contributed by atoms with Gasteiger partial charge in [0.25, 0.3) is 0 Å². The summed E-state index contributed by atoms with van der Waals surface area (Å²) in [5.41, 5.74) is 1.31. The Labute approximate surface area is 131 Å². The molecule has 0 saturated heterocycles. The average Bonchev–Trinajstić information content (AvgIpc) is 2.88. The van der Waals surface area contributed by atoms with Gasteiger partial charge in [0.15, 0.2) is 0 Å². The maximum atomic E-state index is 11.4. The molecule has 0 aliphatic rings. The number of amides is 1. The highest BCUT2D eigenvalue weighted by molar-refractivity contribution is 7.98. The molecule has 2 N–H and O–H groups in total. The van der Waals surface area contributed by atoms with Gasteiger partial charge in [-0.25, -0.2) is 0 Å². The number of benzene rings is 1. The molecule has 0 fully saturated rings. The number of anilines is 1. The van der Waals surface area contributed by atoms with E-state index in [0.29, 0.717) is 33.6 Å². The molecule has 0 saturated carbocycles. The topological polar surface area (TPSA) is 81.6 Å². The number of nitrogens with one attached hydrogen (secondary N) is 2. The van der Waals surface area contributed by atoms with Gasteiger partial charge in [0, 0.05) is 17.2 Å². The molecule has 0 atom stereocenters. The van der Waals surface area contributed by atoms with Crippen molar-refractivity contribution in [3.63, 3.8) is 0 Å². The van der Waals surface area contributed by atoms with E-state index in [-0.39, 0.29) is 5.91 Å². The molecule has 0 unspecified atom stereocenters. The summed E-state index contributed by atoms with van der Waals surface area (Å²) in [6, 6.07) is 9.58. The molecule has 2 aromatic rings. The highest BCUT2D eigenvalue weighted by Gasteiger charge is 2.15. The number of aromatic amines is 1. The number of carbonyl (C=O) groups excluding carboxylic acids is 1. The Balaban J connectivity index is 2.13. The average molecular weight is 321 g/mol. The van der Waals surface area contributed by atoms with E-state index < -0.39 is 0 Å². The number of H-pyrrole nitrogens is 1. The lowest BCUT2D eigenvalue weighted by molar-refractivity contribution is -0.115. The number of thioether (sulfide) groups is 1. The van der Waals surface area contributed by atoms with Crippen molar-refractivity contribution in [3.8, 4) is 6.07 Å². The van der Waals surface area contributed by atoms with Crippen molar-refractivity contribution >= 4 is 35.1 Å². The van der Waals surface area contributed by atoms with Crippen LogP contribution in [0.25, 0.3) is 0 Å². The van der Waals surface area contributed by atoms with Gasteiger partial charge in [-0.05, 0) is 11.6 Å². The third-order valence-electron chi connectivity index (χ3n) is 2.75. The van der Waals surface area contributed by atoms with E-state index in [0.717, 1.165) is 5.56 Å². The SMILES string of the molecule is CCC(=O)Nc1[nH]nc(SCc2ccccc2Cl)c1C#N. The molecule has 1 aromatic carbocycles. The third kappa shape index (κ3) is 3.78. The van der Waals surface area contributed by atoms with E-state index in [9.17, 15) is 10.1 Å². The van der Waals surface area contributed by atoms with E-state index in [1.807, 2.05) is 24.3 Å². The molecule has 0 radical (unpaired) electrons. The Morgan fingerprint density at radius 2 is 2.29 bits per heavy atom. The minimum absolute atomic E-state index is 0.169. The smallest absolute Gasteiger partial charge is 0.225 e. The van der Waals surface area contributed by atoms with E-state index in [2.05, 4.69) is 21.6 Å². The standard InChI is InChI=1S/C14H13ClN4OS/c1-2-12(20)17-13-10(7-16)14(19-18-13)21-8-9-5-3-4-6-11(9)15/h3-6H,2,8H2,1H3,(H2,17,18,19,20). The van der Waals surface area contributed by atoms with Crippen LogP contribution in [0.5, 0.6) is 0 Å². The molecule has 5 nitrogen and oxygen atoms in total. The fourth-order valence-corrected chi connectivity index (χ4v) is 2.84. The minimum Gasteiger partial charge on any atom is -0.310 e. The number of rotatable bonds is 5. The fourth-order valence-electron chi connectivity index (χ4n) is 1.61. The molecular formula is C14H13ClN4OS.